The van der Waals surface area contributed by atoms with E-state index in [1.165, 1.54) is 9.75 Å². The zero-order chi connectivity index (χ0) is 12.9. The lowest BCUT2D eigenvalue weighted by Crippen LogP contribution is -2.26. The van der Waals surface area contributed by atoms with Crippen molar-refractivity contribution in [3.63, 3.8) is 0 Å². The predicted molar refractivity (Wildman–Crippen MR) is 75.8 cm³/mol. The molecule has 0 spiro atoms. The Labute approximate surface area is 109 Å². The van der Waals surface area contributed by atoms with E-state index in [4.69, 9.17) is 4.74 Å². The van der Waals surface area contributed by atoms with Gasteiger partial charge in [0.05, 0.1) is 0 Å². The van der Waals surface area contributed by atoms with E-state index >= 15 is 0 Å². The summed E-state index contributed by atoms with van der Waals surface area (Å²) in [6.07, 6.45) is 1.06. The quantitative estimate of drug-likeness (QED) is 0.839. The molecule has 17 heavy (non-hydrogen) atoms. The van der Waals surface area contributed by atoms with Gasteiger partial charge in [-0.3, -0.25) is 0 Å². The fourth-order valence-corrected chi connectivity index (χ4v) is 2.56. The molecule has 2 nitrogen and oxygen atoms in total. The minimum absolute atomic E-state index is 0.268. The van der Waals surface area contributed by atoms with Crippen molar-refractivity contribution >= 4 is 11.3 Å². The highest BCUT2D eigenvalue weighted by molar-refractivity contribution is 7.12. The molecular weight excluding hydrogens is 230 g/mol. The van der Waals surface area contributed by atoms with Crippen LogP contribution in [0.3, 0.4) is 0 Å². The summed E-state index contributed by atoms with van der Waals surface area (Å²) in [5.74, 6) is 0. The zero-order valence-corrected chi connectivity index (χ0v) is 12.5. The number of hydrogen-bond donors (Lipinski definition) is 1. The molecule has 0 aliphatic rings. The first-order valence-corrected chi connectivity index (χ1v) is 7.06. The van der Waals surface area contributed by atoms with E-state index in [9.17, 15) is 0 Å². The third-order valence-corrected chi connectivity index (χ3v) is 4.29. The van der Waals surface area contributed by atoms with Gasteiger partial charge in [0.15, 0.2) is 0 Å². The van der Waals surface area contributed by atoms with E-state index in [1.807, 2.05) is 11.3 Å². The SMILES string of the molecule is COCCC(C)NCc1ccc(C(C)(C)C)s1. The summed E-state index contributed by atoms with van der Waals surface area (Å²) in [5.41, 5.74) is 0.268. The normalized spacial score (nSPS) is 13.9. The first kappa shape index (κ1) is 14.7. The van der Waals surface area contributed by atoms with Gasteiger partial charge in [0, 0.05) is 36.1 Å². The number of hydrogen-bond acceptors (Lipinski definition) is 3. The molecule has 1 aromatic rings. The van der Waals surface area contributed by atoms with E-state index in [-0.39, 0.29) is 5.41 Å². The summed E-state index contributed by atoms with van der Waals surface area (Å²) in [6.45, 7) is 10.8. The van der Waals surface area contributed by atoms with Crippen LogP contribution in [0.5, 0.6) is 0 Å². The number of nitrogens with one attached hydrogen (secondary N) is 1. The lowest BCUT2D eigenvalue weighted by molar-refractivity contribution is 0.185. The second kappa shape index (κ2) is 6.53. The van der Waals surface area contributed by atoms with Crippen LogP contribution >= 0.6 is 11.3 Å². The maximum absolute atomic E-state index is 5.08. The second-order valence-corrected chi connectivity index (χ2v) is 6.75. The molecule has 0 bridgehead atoms. The monoisotopic (exact) mass is 255 g/mol. The molecule has 1 unspecified atom stereocenters. The van der Waals surface area contributed by atoms with Gasteiger partial charge in [0.2, 0.25) is 0 Å². The van der Waals surface area contributed by atoms with Crippen LogP contribution in [0.25, 0.3) is 0 Å². The van der Waals surface area contributed by atoms with Gasteiger partial charge in [0.25, 0.3) is 0 Å². The van der Waals surface area contributed by atoms with E-state index in [1.54, 1.807) is 7.11 Å². The van der Waals surface area contributed by atoms with Gasteiger partial charge >= 0.3 is 0 Å². The third kappa shape index (κ3) is 5.19. The van der Waals surface area contributed by atoms with E-state index in [0.29, 0.717) is 6.04 Å². The molecular formula is C14H25NOS. The fourth-order valence-electron chi connectivity index (χ4n) is 1.55. The number of ether oxygens (including phenoxy) is 1. The summed E-state index contributed by atoms with van der Waals surface area (Å²) in [5, 5.41) is 3.53. The van der Waals surface area contributed by atoms with Crippen molar-refractivity contribution in [1.82, 2.24) is 5.32 Å². The average molecular weight is 255 g/mol. The van der Waals surface area contributed by atoms with E-state index in [2.05, 4.69) is 45.1 Å². The van der Waals surface area contributed by atoms with Crippen LogP contribution in [0.2, 0.25) is 0 Å². The molecule has 0 radical (unpaired) electrons. The molecule has 1 aromatic heterocycles. The van der Waals surface area contributed by atoms with Gasteiger partial charge in [-0.25, -0.2) is 0 Å². The Hall–Kier alpha value is -0.380. The van der Waals surface area contributed by atoms with E-state index in [0.717, 1.165) is 19.6 Å². The summed E-state index contributed by atoms with van der Waals surface area (Å²) in [6, 6.07) is 5.00. The van der Waals surface area contributed by atoms with Gasteiger partial charge in [-0.1, -0.05) is 20.8 Å². The second-order valence-electron chi connectivity index (χ2n) is 5.58. The lowest BCUT2D eigenvalue weighted by Gasteiger charge is -2.15. The maximum atomic E-state index is 5.08. The van der Waals surface area contributed by atoms with E-state index < -0.39 is 0 Å². The Morgan fingerprint density at radius 3 is 2.59 bits per heavy atom. The maximum Gasteiger partial charge on any atom is 0.0476 e. The Balaban J connectivity index is 2.40. The summed E-state index contributed by atoms with van der Waals surface area (Å²) in [7, 11) is 1.75. The van der Waals surface area contributed by atoms with Crippen LogP contribution < -0.4 is 5.32 Å². The Bertz CT molecular complexity index is 327. The number of methoxy groups -OCH3 is 1. The Morgan fingerprint density at radius 1 is 1.35 bits per heavy atom. The van der Waals surface area contributed by atoms with Crippen molar-refractivity contribution in [1.29, 1.82) is 0 Å². The minimum atomic E-state index is 0.268. The van der Waals surface area contributed by atoms with Crippen LogP contribution in [0.1, 0.15) is 43.9 Å². The third-order valence-electron chi connectivity index (χ3n) is 2.78. The standard InChI is InChI=1S/C14H25NOS/c1-11(8-9-16-5)15-10-12-6-7-13(17-12)14(2,3)4/h6-7,11,15H,8-10H2,1-5H3. The Kier molecular flexibility index (Phi) is 5.63. The zero-order valence-electron chi connectivity index (χ0n) is 11.7. The van der Waals surface area contributed by atoms with Crippen molar-refractivity contribution in [3.05, 3.63) is 21.9 Å². The molecule has 0 saturated carbocycles. The van der Waals surface area contributed by atoms with Gasteiger partial charge in [0.1, 0.15) is 0 Å². The molecule has 0 saturated heterocycles. The molecule has 1 atom stereocenters. The van der Waals surface area contributed by atoms with Gasteiger partial charge < -0.3 is 10.1 Å². The fraction of sp³-hybridized carbons (Fsp3) is 0.714. The summed E-state index contributed by atoms with van der Waals surface area (Å²) < 4.78 is 5.08. The molecule has 0 aliphatic carbocycles. The summed E-state index contributed by atoms with van der Waals surface area (Å²) >= 11 is 1.91. The molecule has 1 rings (SSSR count). The number of rotatable bonds is 6. The largest absolute Gasteiger partial charge is 0.385 e. The van der Waals surface area contributed by atoms with Gasteiger partial charge in [-0.15, -0.1) is 11.3 Å². The lowest BCUT2D eigenvalue weighted by atomic mass is 9.95. The van der Waals surface area contributed by atoms with Gasteiger partial charge in [-0.05, 0) is 30.9 Å². The molecule has 1 N–H and O–H groups in total. The highest BCUT2D eigenvalue weighted by atomic mass is 32.1. The van der Waals surface area contributed by atoms with Gasteiger partial charge in [-0.2, -0.15) is 0 Å². The summed E-state index contributed by atoms with van der Waals surface area (Å²) in [4.78, 5) is 2.87. The highest BCUT2D eigenvalue weighted by Crippen LogP contribution is 2.29. The van der Waals surface area contributed by atoms with Crippen LogP contribution in [-0.2, 0) is 16.7 Å². The molecule has 0 aromatic carbocycles. The molecule has 98 valence electrons. The first-order valence-electron chi connectivity index (χ1n) is 6.25. The molecule has 0 fully saturated rings. The topological polar surface area (TPSA) is 21.3 Å². The van der Waals surface area contributed by atoms with Crippen molar-refractivity contribution < 1.29 is 4.74 Å². The number of thiophene rings is 1. The highest BCUT2D eigenvalue weighted by Gasteiger charge is 2.15. The molecule has 3 heteroatoms. The average Bonchev–Trinajstić information content (AvgIpc) is 2.71. The molecule has 0 amide bonds. The van der Waals surface area contributed by atoms with Crippen molar-refractivity contribution in [2.24, 2.45) is 0 Å². The van der Waals surface area contributed by atoms with Crippen molar-refractivity contribution in [2.45, 2.75) is 52.1 Å². The molecule has 0 aliphatic heterocycles. The predicted octanol–water partition coefficient (Wildman–Crippen LogP) is 3.56. The van der Waals surface area contributed by atoms with Crippen LogP contribution in [0.15, 0.2) is 12.1 Å². The first-order chi connectivity index (χ1) is 7.93. The van der Waals surface area contributed by atoms with Crippen molar-refractivity contribution in [3.8, 4) is 0 Å². The minimum Gasteiger partial charge on any atom is -0.385 e. The molecule has 1 heterocycles. The van der Waals surface area contributed by atoms with Crippen LogP contribution in [0, 0.1) is 0 Å². The van der Waals surface area contributed by atoms with Crippen LogP contribution in [-0.4, -0.2) is 19.8 Å². The van der Waals surface area contributed by atoms with Crippen LogP contribution in [0.4, 0.5) is 0 Å². The Morgan fingerprint density at radius 2 is 2.06 bits per heavy atom. The van der Waals surface area contributed by atoms with Crippen molar-refractivity contribution in [2.75, 3.05) is 13.7 Å². The smallest absolute Gasteiger partial charge is 0.0476 e.